The topological polar surface area (TPSA) is 12.0 Å². The molecule has 2 atom stereocenters. The largest absolute Gasteiger partial charge is 0.314 e. The molecule has 0 aromatic carbocycles. The molecule has 2 saturated carbocycles. The van der Waals surface area contributed by atoms with E-state index in [1.165, 1.54) is 51.5 Å². The molecule has 1 N–H and O–H groups in total. The monoisotopic (exact) mass is 223 g/mol. The fourth-order valence-electron chi connectivity index (χ4n) is 3.45. The molecule has 0 radical (unpaired) electrons. The molecule has 2 aliphatic rings. The van der Waals surface area contributed by atoms with Crippen LogP contribution in [0, 0.1) is 17.3 Å². The lowest BCUT2D eigenvalue weighted by Gasteiger charge is -2.35. The summed E-state index contributed by atoms with van der Waals surface area (Å²) in [5.74, 6) is 1.93. The maximum absolute atomic E-state index is 3.83. The zero-order valence-corrected chi connectivity index (χ0v) is 11.4. The molecule has 1 heteroatoms. The maximum Gasteiger partial charge on any atom is 0.00675 e. The van der Waals surface area contributed by atoms with Gasteiger partial charge < -0.3 is 5.32 Å². The van der Waals surface area contributed by atoms with Gasteiger partial charge in [0, 0.05) is 6.04 Å². The van der Waals surface area contributed by atoms with E-state index in [2.05, 4.69) is 26.1 Å². The molecule has 2 aliphatic carbocycles. The molecule has 0 heterocycles. The maximum atomic E-state index is 3.83. The van der Waals surface area contributed by atoms with E-state index in [0.29, 0.717) is 5.41 Å². The molecule has 0 amide bonds. The van der Waals surface area contributed by atoms with Gasteiger partial charge in [-0.05, 0) is 55.9 Å². The third-order valence-corrected chi connectivity index (χ3v) is 5.05. The van der Waals surface area contributed by atoms with Crippen LogP contribution in [-0.4, -0.2) is 12.6 Å². The van der Waals surface area contributed by atoms with Gasteiger partial charge in [-0.15, -0.1) is 0 Å². The Bertz CT molecular complexity index is 211. The normalized spacial score (nSPS) is 35.4. The second kappa shape index (κ2) is 5.08. The predicted molar refractivity (Wildman–Crippen MR) is 70.5 cm³/mol. The van der Waals surface area contributed by atoms with Gasteiger partial charge in [0.15, 0.2) is 0 Å². The molecule has 2 rings (SSSR count). The van der Waals surface area contributed by atoms with Gasteiger partial charge in [-0.2, -0.15) is 0 Å². The van der Waals surface area contributed by atoms with Crippen molar-refractivity contribution < 1.29 is 0 Å². The molecular weight excluding hydrogens is 194 g/mol. The van der Waals surface area contributed by atoms with Gasteiger partial charge in [0.05, 0.1) is 0 Å². The third kappa shape index (κ3) is 3.23. The fraction of sp³-hybridized carbons (Fsp3) is 1.00. The van der Waals surface area contributed by atoms with E-state index >= 15 is 0 Å². The Morgan fingerprint density at radius 1 is 1.06 bits per heavy atom. The van der Waals surface area contributed by atoms with Crippen molar-refractivity contribution in [1.82, 2.24) is 5.32 Å². The first-order valence-corrected chi connectivity index (χ1v) is 7.30. The summed E-state index contributed by atoms with van der Waals surface area (Å²) in [6, 6.07) is 0.820. The van der Waals surface area contributed by atoms with Crippen LogP contribution in [0.5, 0.6) is 0 Å². The number of hydrogen-bond acceptors (Lipinski definition) is 1. The zero-order chi connectivity index (χ0) is 11.6. The Labute approximate surface area is 101 Å². The van der Waals surface area contributed by atoms with Crippen molar-refractivity contribution in [2.24, 2.45) is 17.3 Å². The van der Waals surface area contributed by atoms with Crippen molar-refractivity contribution in [3.63, 3.8) is 0 Å². The fourth-order valence-corrected chi connectivity index (χ4v) is 3.45. The lowest BCUT2D eigenvalue weighted by atomic mass is 9.75. The van der Waals surface area contributed by atoms with Crippen LogP contribution in [0.2, 0.25) is 0 Å². The SMILES string of the molecule is CC1CCCC1CNC1CCC(C)(C)CC1. The Morgan fingerprint density at radius 2 is 1.75 bits per heavy atom. The molecule has 0 aromatic rings. The summed E-state index contributed by atoms with van der Waals surface area (Å²) in [6.07, 6.45) is 10.00. The molecule has 2 unspecified atom stereocenters. The molecular formula is C15H29N. The lowest BCUT2D eigenvalue weighted by molar-refractivity contribution is 0.200. The standard InChI is InChI=1S/C15H29N/c1-12-5-4-6-13(12)11-16-14-7-9-15(2,3)10-8-14/h12-14,16H,4-11H2,1-3H3. The van der Waals surface area contributed by atoms with E-state index in [-0.39, 0.29) is 0 Å². The lowest BCUT2D eigenvalue weighted by Crippen LogP contribution is -2.38. The first-order valence-electron chi connectivity index (χ1n) is 7.30. The molecule has 0 aliphatic heterocycles. The first-order chi connectivity index (χ1) is 7.57. The molecule has 94 valence electrons. The zero-order valence-electron chi connectivity index (χ0n) is 11.4. The average molecular weight is 223 g/mol. The van der Waals surface area contributed by atoms with Crippen molar-refractivity contribution in [1.29, 1.82) is 0 Å². The van der Waals surface area contributed by atoms with Crippen LogP contribution in [0.15, 0.2) is 0 Å². The Hall–Kier alpha value is -0.0400. The summed E-state index contributed by atoms with van der Waals surface area (Å²) in [6.45, 7) is 8.56. The highest BCUT2D eigenvalue weighted by atomic mass is 14.9. The average Bonchev–Trinajstić information content (AvgIpc) is 2.63. The van der Waals surface area contributed by atoms with Crippen LogP contribution in [0.4, 0.5) is 0 Å². The van der Waals surface area contributed by atoms with Crippen LogP contribution < -0.4 is 5.32 Å². The molecule has 2 fully saturated rings. The van der Waals surface area contributed by atoms with Gasteiger partial charge in [0.1, 0.15) is 0 Å². The van der Waals surface area contributed by atoms with Gasteiger partial charge >= 0.3 is 0 Å². The highest BCUT2D eigenvalue weighted by molar-refractivity contribution is 4.84. The number of hydrogen-bond donors (Lipinski definition) is 1. The van der Waals surface area contributed by atoms with Gasteiger partial charge in [0.25, 0.3) is 0 Å². The smallest absolute Gasteiger partial charge is 0.00675 e. The predicted octanol–water partition coefficient (Wildman–Crippen LogP) is 3.98. The summed E-state index contributed by atoms with van der Waals surface area (Å²) in [5.41, 5.74) is 0.610. The Balaban J connectivity index is 1.67. The van der Waals surface area contributed by atoms with Crippen molar-refractivity contribution in [3.8, 4) is 0 Å². The van der Waals surface area contributed by atoms with Crippen molar-refractivity contribution in [3.05, 3.63) is 0 Å². The number of nitrogens with one attached hydrogen (secondary N) is 1. The van der Waals surface area contributed by atoms with Gasteiger partial charge in [0.2, 0.25) is 0 Å². The minimum atomic E-state index is 0.610. The molecule has 0 spiro atoms. The summed E-state index contributed by atoms with van der Waals surface area (Å²) in [7, 11) is 0. The summed E-state index contributed by atoms with van der Waals surface area (Å²) < 4.78 is 0. The Morgan fingerprint density at radius 3 is 2.31 bits per heavy atom. The van der Waals surface area contributed by atoms with E-state index in [1.54, 1.807) is 0 Å². The second-order valence-corrected chi connectivity index (χ2v) is 7.02. The van der Waals surface area contributed by atoms with E-state index in [9.17, 15) is 0 Å². The quantitative estimate of drug-likeness (QED) is 0.763. The van der Waals surface area contributed by atoms with Crippen LogP contribution in [-0.2, 0) is 0 Å². The van der Waals surface area contributed by atoms with Crippen molar-refractivity contribution in [2.75, 3.05) is 6.54 Å². The van der Waals surface area contributed by atoms with Crippen LogP contribution in [0.25, 0.3) is 0 Å². The van der Waals surface area contributed by atoms with Crippen LogP contribution in [0.3, 0.4) is 0 Å². The van der Waals surface area contributed by atoms with E-state index in [1.807, 2.05) is 0 Å². The van der Waals surface area contributed by atoms with Crippen molar-refractivity contribution in [2.45, 2.75) is 71.8 Å². The summed E-state index contributed by atoms with van der Waals surface area (Å²) in [4.78, 5) is 0. The van der Waals surface area contributed by atoms with E-state index in [0.717, 1.165) is 17.9 Å². The second-order valence-electron chi connectivity index (χ2n) is 7.02. The number of rotatable bonds is 3. The van der Waals surface area contributed by atoms with Crippen LogP contribution >= 0.6 is 0 Å². The van der Waals surface area contributed by atoms with Gasteiger partial charge in [-0.25, -0.2) is 0 Å². The third-order valence-electron chi connectivity index (χ3n) is 5.05. The van der Waals surface area contributed by atoms with E-state index in [4.69, 9.17) is 0 Å². The summed E-state index contributed by atoms with van der Waals surface area (Å²) >= 11 is 0. The minimum Gasteiger partial charge on any atom is -0.314 e. The highest BCUT2D eigenvalue weighted by Gasteiger charge is 2.28. The molecule has 0 bridgehead atoms. The van der Waals surface area contributed by atoms with Gasteiger partial charge in [-0.3, -0.25) is 0 Å². The highest BCUT2D eigenvalue weighted by Crippen LogP contribution is 2.35. The molecule has 0 aromatic heterocycles. The molecule has 16 heavy (non-hydrogen) atoms. The molecule has 1 nitrogen and oxygen atoms in total. The Kier molecular flexibility index (Phi) is 3.94. The van der Waals surface area contributed by atoms with Crippen molar-refractivity contribution >= 4 is 0 Å². The van der Waals surface area contributed by atoms with E-state index < -0.39 is 0 Å². The summed E-state index contributed by atoms with van der Waals surface area (Å²) in [5, 5.41) is 3.83. The first kappa shape index (κ1) is 12.4. The van der Waals surface area contributed by atoms with Gasteiger partial charge in [-0.1, -0.05) is 33.6 Å². The van der Waals surface area contributed by atoms with Crippen LogP contribution in [0.1, 0.15) is 65.7 Å². The minimum absolute atomic E-state index is 0.610. The molecule has 0 saturated heterocycles.